The fraction of sp³-hybridized carbons (Fsp3) is 0.333. The van der Waals surface area contributed by atoms with Crippen molar-refractivity contribution in [2.45, 2.75) is 5.21 Å². The Morgan fingerprint density at radius 1 is 1.67 bits per heavy atom. The predicted molar refractivity (Wildman–Crippen MR) is 31.1 cm³/mol. The van der Waals surface area contributed by atoms with Crippen molar-refractivity contribution in [2.24, 2.45) is 0 Å². The van der Waals surface area contributed by atoms with E-state index in [0.717, 1.165) is 0 Å². The van der Waals surface area contributed by atoms with Crippen molar-refractivity contribution >= 4 is 32.7 Å². The van der Waals surface area contributed by atoms with E-state index in [0.29, 0.717) is 5.21 Å². The van der Waals surface area contributed by atoms with Crippen LogP contribution >= 0.6 is 19.9 Å². The summed E-state index contributed by atoms with van der Waals surface area (Å²) in [5, 5.41) is 0.579. The van der Waals surface area contributed by atoms with Crippen LogP contribution in [-0.4, -0.2) is 12.8 Å². The third-order valence-electron chi connectivity index (χ3n) is 0.211. The molecule has 0 saturated heterocycles. The average molecular weight is 185 g/mol. The fourth-order valence-corrected chi connectivity index (χ4v) is 1.08. The van der Waals surface area contributed by atoms with Crippen LogP contribution in [-0.2, 0) is 0 Å². The summed E-state index contributed by atoms with van der Waals surface area (Å²) < 4.78 is 0. The van der Waals surface area contributed by atoms with Gasteiger partial charge >= 0.3 is 50.2 Å². The topological polar surface area (TPSA) is 0 Å². The molecule has 0 amide bonds. The molecule has 0 spiro atoms. The van der Waals surface area contributed by atoms with Gasteiger partial charge in [-0.3, -0.25) is 0 Å². The van der Waals surface area contributed by atoms with Gasteiger partial charge in [-0.15, -0.1) is 0 Å². The summed E-state index contributed by atoms with van der Waals surface area (Å²) in [6.45, 7) is 0. The Morgan fingerprint density at radius 3 is 2.17 bits per heavy atom. The van der Waals surface area contributed by atoms with Gasteiger partial charge in [0.1, 0.15) is 0 Å². The Kier molecular flexibility index (Phi) is 4.32. The van der Waals surface area contributed by atoms with E-state index < -0.39 is 12.8 Å². The summed E-state index contributed by atoms with van der Waals surface area (Å²) in [5.41, 5.74) is 0. The third kappa shape index (κ3) is 4.70. The van der Waals surface area contributed by atoms with Crippen LogP contribution in [0.5, 0.6) is 0 Å². The van der Waals surface area contributed by atoms with Crippen LogP contribution in [0.15, 0.2) is 0 Å². The van der Waals surface area contributed by atoms with Crippen molar-refractivity contribution in [3.05, 3.63) is 0 Å². The Bertz CT molecular complexity index is 63.7. The van der Waals surface area contributed by atoms with Crippen molar-refractivity contribution in [3.63, 3.8) is 0 Å². The Balaban J connectivity index is 2.88. The molecular formula is C3H3AsCl2. The van der Waals surface area contributed by atoms with Gasteiger partial charge in [0.05, 0.1) is 0 Å². The van der Waals surface area contributed by atoms with Crippen molar-refractivity contribution in [1.82, 2.24) is 0 Å². The monoisotopic (exact) mass is 184 g/mol. The molecule has 0 bridgehead atoms. The van der Waals surface area contributed by atoms with Crippen molar-refractivity contribution in [1.29, 1.82) is 0 Å². The minimum absolute atomic E-state index is 0.579. The van der Waals surface area contributed by atoms with Gasteiger partial charge in [-0.1, -0.05) is 0 Å². The standard InChI is InChI=1S/C3H3AsCl2/c1-2-3-4(5)6/h1H,3H2. The molecule has 0 N–H and O–H groups in total. The van der Waals surface area contributed by atoms with E-state index in [1.54, 1.807) is 0 Å². The second-order valence-corrected chi connectivity index (χ2v) is 7.74. The van der Waals surface area contributed by atoms with E-state index in [4.69, 9.17) is 26.3 Å². The maximum absolute atomic E-state index is 5.35. The average Bonchev–Trinajstić information content (AvgIpc) is 1.35. The number of hydrogen-bond acceptors (Lipinski definition) is 0. The summed E-state index contributed by atoms with van der Waals surface area (Å²) in [4.78, 5) is 0. The van der Waals surface area contributed by atoms with Gasteiger partial charge in [-0.05, 0) is 0 Å². The van der Waals surface area contributed by atoms with Crippen molar-refractivity contribution < 1.29 is 0 Å². The first kappa shape index (κ1) is 6.70. The molecule has 0 aromatic rings. The molecule has 0 heterocycles. The van der Waals surface area contributed by atoms with Crippen LogP contribution in [0.4, 0.5) is 0 Å². The molecule has 6 heavy (non-hydrogen) atoms. The maximum atomic E-state index is 5.35. The molecule has 0 aliphatic heterocycles. The molecule has 0 aliphatic carbocycles. The molecule has 0 radical (unpaired) electrons. The van der Waals surface area contributed by atoms with E-state index >= 15 is 0 Å². The van der Waals surface area contributed by atoms with Gasteiger partial charge in [-0.2, -0.15) is 0 Å². The van der Waals surface area contributed by atoms with Gasteiger partial charge in [0, 0.05) is 0 Å². The number of halogens is 2. The van der Waals surface area contributed by atoms with Crippen LogP contribution < -0.4 is 0 Å². The SMILES string of the molecule is C#CC[As](Cl)Cl. The normalized spacial score (nSPS) is 8.33. The van der Waals surface area contributed by atoms with Crippen LogP contribution in [0.25, 0.3) is 0 Å². The van der Waals surface area contributed by atoms with Gasteiger partial charge in [0.2, 0.25) is 0 Å². The molecule has 0 nitrogen and oxygen atoms in total. The number of hydrogen-bond donors (Lipinski definition) is 0. The van der Waals surface area contributed by atoms with E-state index in [1.165, 1.54) is 0 Å². The van der Waals surface area contributed by atoms with E-state index in [1.807, 2.05) is 0 Å². The first-order chi connectivity index (χ1) is 2.77. The Labute approximate surface area is 50.4 Å². The van der Waals surface area contributed by atoms with Crippen molar-refractivity contribution in [3.8, 4) is 12.3 Å². The Hall–Kier alpha value is 0.698. The van der Waals surface area contributed by atoms with Crippen LogP contribution in [0.3, 0.4) is 0 Å². The quantitative estimate of drug-likeness (QED) is 0.429. The summed E-state index contributed by atoms with van der Waals surface area (Å²) in [5.74, 6) is 2.37. The fourth-order valence-electron chi connectivity index (χ4n) is 0.0690. The molecule has 0 aromatic carbocycles. The molecule has 3 heteroatoms. The van der Waals surface area contributed by atoms with Crippen LogP contribution in [0.2, 0.25) is 5.21 Å². The molecule has 0 saturated carbocycles. The first-order valence-corrected chi connectivity index (χ1v) is 7.56. The number of rotatable bonds is 1. The molecular weight excluding hydrogens is 182 g/mol. The molecule has 0 fully saturated rings. The first-order valence-electron chi connectivity index (χ1n) is 1.30. The predicted octanol–water partition coefficient (Wildman–Crippen LogP) is 1.59. The minimum atomic E-state index is -1.52. The zero-order chi connectivity index (χ0) is 4.99. The molecule has 0 aliphatic rings. The zero-order valence-corrected chi connectivity index (χ0v) is 6.38. The Morgan fingerprint density at radius 2 is 2.17 bits per heavy atom. The van der Waals surface area contributed by atoms with Gasteiger partial charge in [0.15, 0.2) is 0 Å². The van der Waals surface area contributed by atoms with E-state index in [-0.39, 0.29) is 0 Å². The molecule has 0 aromatic heterocycles. The van der Waals surface area contributed by atoms with Gasteiger partial charge in [0.25, 0.3) is 0 Å². The van der Waals surface area contributed by atoms with E-state index in [9.17, 15) is 0 Å². The summed E-state index contributed by atoms with van der Waals surface area (Å²) in [6, 6.07) is 0. The van der Waals surface area contributed by atoms with Crippen LogP contribution in [0.1, 0.15) is 0 Å². The summed E-state index contributed by atoms with van der Waals surface area (Å²) in [6.07, 6.45) is 4.85. The summed E-state index contributed by atoms with van der Waals surface area (Å²) in [7, 11) is 10.7. The van der Waals surface area contributed by atoms with Gasteiger partial charge < -0.3 is 0 Å². The zero-order valence-electron chi connectivity index (χ0n) is 2.99. The van der Waals surface area contributed by atoms with Gasteiger partial charge in [-0.25, -0.2) is 0 Å². The molecule has 0 rings (SSSR count). The molecule has 0 atom stereocenters. The third-order valence-corrected chi connectivity index (χ3v) is 2.34. The van der Waals surface area contributed by atoms with Crippen molar-refractivity contribution in [2.75, 3.05) is 0 Å². The molecule has 34 valence electrons. The molecule has 0 unspecified atom stereocenters. The second kappa shape index (κ2) is 3.87. The summed E-state index contributed by atoms with van der Waals surface area (Å²) >= 11 is -1.52. The van der Waals surface area contributed by atoms with Crippen LogP contribution in [0, 0.1) is 12.3 Å². The second-order valence-electron chi connectivity index (χ2n) is 0.665. The van der Waals surface area contributed by atoms with E-state index in [2.05, 4.69) is 5.92 Å². The number of terminal acetylenes is 1.